The summed E-state index contributed by atoms with van der Waals surface area (Å²) >= 11 is 0. The number of hydrogen-bond acceptors (Lipinski definition) is 7. The largest absolute Gasteiger partial charge is 0.481 e. The number of nitrogens with one attached hydrogen (secondary N) is 1. The van der Waals surface area contributed by atoms with E-state index >= 15 is 4.39 Å². The normalized spacial score (nSPS) is 10.5. The molecule has 0 saturated carbocycles. The molecule has 2 aromatic carbocycles. The van der Waals surface area contributed by atoms with Crippen molar-refractivity contribution in [1.82, 2.24) is 19.9 Å². The number of anilines is 2. The Bertz CT molecular complexity index is 1130. The van der Waals surface area contributed by atoms with E-state index in [1.54, 1.807) is 24.3 Å². The zero-order valence-corrected chi connectivity index (χ0v) is 16.3. The minimum absolute atomic E-state index is 0.154. The maximum Gasteiger partial charge on any atom is 0.321 e. The van der Waals surface area contributed by atoms with Crippen LogP contribution in [0.15, 0.2) is 67.0 Å². The van der Waals surface area contributed by atoms with Crippen molar-refractivity contribution in [2.45, 2.75) is 0 Å². The maximum atomic E-state index is 15.1. The SMILES string of the molecule is COc1cc(Nc2cnc(-c3cccc(-c4ccccc4)c3F)cn2)nc(OC)n1. The topological polar surface area (TPSA) is 82.0 Å². The number of benzene rings is 2. The predicted molar refractivity (Wildman–Crippen MR) is 111 cm³/mol. The van der Waals surface area contributed by atoms with Gasteiger partial charge in [0.25, 0.3) is 0 Å². The third kappa shape index (κ3) is 4.02. The molecule has 0 aliphatic heterocycles. The first kappa shape index (κ1) is 19.3. The van der Waals surface area contributed by atoms with Gasteiger partial charge >= 0.3 is 6.01 Å². The van der Waals surface area contributed by atoms with Crippen molar-refractivity contribution in [2.24, 2.45) is 0 Å². The van der Waals surface area contributed by atoms with Gasteiger partial charge in [-0.3, -0.25) is 4.98 Å². The van der Waals surface area contributed by atoms with E-state index in [0.29, 0.717) is 34.3 Å². The molecule has 0 bridgehead atoms. The van der Waals surface area contributed by atoms with Crippen molar-refractivity contribution in [1.29, 1.82) is 0 Å². The minimum Gasteiger partial charge on any atom is -0.481 e. The molecule has 150 valence electrons. The van der Waals surface area contributed by atoms with Crippen molar-refractivity contribution in [3.05, 3.63) is 72.8 Å². The summed E-state index contributed by atoms with van der Waals surface area (Å²) in [5, 5.41) is 3.01. The second kappa shape index (κ2) is 8.52. The van der Waals surface area contributed by atoms with Crippen LogP contribution in [-0.4, -0.2) is 34.2 Å². The van der Waals surface area contributed by atoms with Crippen molar-refractivity contribution in [2.75, 3.05) is 19.5 Å². The molecule has 4 rings (SSSR count). The summed E-state index contributed by atoms with van der Waals surface area (Å²) in [6, 6.07) is 16.3. The van der Waals surface area contributed by atoms with Crippen LogP contribution in [0.2, 0.25) is 0 Å². The highest BCUT2D eigenvalue weighted by molar-refractivity contribution is 5.72. The first-order valence-corrected chi connectivity index (χ1v) is 9.08. The average molecular weight is 403 g/mol. The number of halogens is 1. The number of ether oxygens (including phenoxy) is 2. The van der Waals surface area contributed by atoms with E-state index in [1.165, 1.54) is 26.6 Å². The molecule has 0 spiro atoms. The summed E-state index contributed by atoms with van der Waals surface area (Å²) in [5.41, 5.74) is 2.11. The number of hydrogen-bond donors (Lipinski definition) is 1. The van der Waals surface area contributed by atoms with Gasteiger partial charge in [0, 0.05) is 17.2 Å². The van der Waals surface area contributed by atoms with Gasteiger partial charge in [-0.2, -0.15) is 9.97 Å². The number of methoxy groups -OCH3 is 2. The van der Waals surface area contributed by atoms with Gasteiger partial charge in [-0.25, -0.2) is 9.37 Å². The van der Waals surface area contributed by atoms with E-state index in [4.69, 9.17) is 9.47 Å². The van der Waals surface area contributed by atoms with Crippen LogP contribution in [0.25, 0.3) is 22.4 Å². The van der Waals surface area contributed by atoms with Crippen LogP contribution < -0.4 is 14.8 Å². The number of nitrogens with zero attached hydrogens (tertiary/aromatic N) is 4. The molecule has 0 atom stereocenters. The first-order valence-electron chi connectivity index (χ1n) is 9.08. The molecule has 7 nitrogen and oxygen atoms in total. The summed E-state index contributed by atoms with van der Waals surface area (Å²) in [4.78, 5) is 16.9. The Morgan fingerprint density at radius 3 is 2.30 bits per heavy atom. The molecular formula is C22H18FN5O2. The van der Waals surface area contributed by atoms with Crippen LogP contribution >= 0.6 is 0 Å². The van der Waals surface area contributed by atoms with Gasteiger partial charge in [-0.1, -0.05) is 42.5 Å². The quantitative estimate of drug-likeness (QED) is 0.507. The summed E-state index contributed by atoms with van der Waals surface area (Å²) in [7, 11) is 2.96. The van der Waals surface area contributed by atoms with Gasteiger partial charge in [0.2, 0.25) is 5.88 Å². The highest BCUT2D eigenvalue weighted by atomic mass is 19.1. The summed E-state index contributed by atoms with van der Waals surface area (Å²) in [5.74, 6) is 0.858. The molecule has 0 amide bonds. The fraction of sp³-hybridized carbons (Fsp3) is 0.0909. The van der Waals surface area contributed by atoms with Crippen molar-refractivity contribution in [3.63, 3.8) is 0 Å². The van der Waals surface area contributed by atoms with Crippen LogP contribution in [0.3, 0.4) is 0 Å². The summed E-state index contributed by atoms with van der Waals surface area (Å²) in [6.45, 7) is 0. The van der Waals surface area contributed by atoms with Gasteiger partial charge < -0.3 is 14.8 Å². The smallest absolute Gasteiger partial charge is 0.321 e. The predicted octanol–water partition coefficient (Wildman–Crippen LogP) is 4.50. The molecule has 4 aromatic rings. The Labute approximate surface area is 172 Å². The van der Waals surface area contributed by atoms with Gasteiger partial charge in [0.05, 0.1) is 32.3 Å². The molecule has 2 aromatic heterocycles. The second-order valence-corrected chi connectivity index (χ2v) is 6.23. The van der Waals surface area contributed by atoms with Gasteiger partial charge in [0.15, 0.2) is 0 Å². The average Bonchev–Trinajstić information content (AvgIpc) is 2.80. The Morgan fingerprint density at radius 2 is 1.60 bits per heavy atom. The molecular weight excluding hydrogens is 385 g/mol. The lowest BCUT2D eigenvalue weighted by Crippen LogP contribution is -2.02. The van der Waals surface area contributed by atoms with E-state index in [0.717, 1.165) is 5.56 Å². The fourth-order valence-corrected chi connectivity index (χ4v) is 2.90. The molecule has 0 radical (unpaired) electrons. The second-order valence-electron chi connectivity index (χ2n) is 6.23. The highest BCUT2D eigenvalue weighted by Crippen LogP contribution is 2.30. The monoisotopic (exact) mass is 403 g/mol. The van der Waals surface area contributed by atoms with Gasteiger partial charge in [-0.15, -0.1) is 0 Å². The van der Waals surface area contributed by atoms with E-state index in [9.17, 15) is 0 Å². The standard InChI is InChI=1S/C22H18FN5O2/c1-29-20-11-18(27-22(28-20)30-2)26-19-13-24-17(12-25-19)16-10-6-9-15(21(16)23)14-7-4-3-5-8-14/h3-13H,1-2H3,(H,25,26,27,28). The van der Waals surface area contributed by atoms with Crippen molar-refractivity contribution >= 4 is 11.6 Å². The zero-order valence-electron chi connectivity index (χ0n) is 16.3. The van der Waals surface area contributed by atoms with Gasteiger partial charge in [0.1, 0.15) is 17.5 Å². The Balaban J connectivity index is 1.61. The fourth-order valence-electron chi connectivity index (χ4n) is 2.90. The van der Waals surface area contributed by atoms with E-state index in [1.807, 2.05) is 30.3 Å². The molecule has 0 aliphatic rings. The number of rotatable bonds is 6. The Morgan fingerprint density at radius 1 is 0.800 bits per heavy atom. The van der Waals surface area contributed by atoms with Crippen LogP contribution in [0.1, 0.15) is 0 Å². The van der Waals surface area contributed by atoms with Crippen LogP contribution in [-0.2, 0) is 0 Å². The summed E-state index contributed by atoms with van der Waals surface area (Å²) < 4.78 is 25.3. The third-order valence-electron chi connectivity index (χ3n) is 4.34. The highest BCUT2D eigenvalue weighted by Gasteiger charge is 2.13. The lowest BCUT2D eigenvalue weighted by Gasteiger charge is -2.10. The molecule has 1 N–H and O–H groups in total. The Kier molecular flexibility index (Phi) is 5.47. The Hall–Kier alpha value is -4.07. The lowest BCUT2D eigenvalue weighted by molar-refractivity contribution is 0.353. The molecule has 0 fully saturated rings. The summed E-state index contributed by atoms with van der Waals surface area (Å²) in [6.07, 6.45) is 3.01. The van der Waals surface area contributed by atoms with Crippen molar-refractivity contribution in [3.8, 4) is 34.3 Å². The van der Waals surface area contributed by atoms with Crippen molar-refractivity contribution < 1.29 is 13.9 Å². The maximum absolute atomic E-state index is 15.1. The number of aromatic nitrogens is 4. The van der Waals surface area contributed by atoms with E-state index < -0.39 is 0 Å². The zero-order chi connectivity index (χ0) is 20.9. The molecule has 8 heteroatoms. The molecule has 0 saturated heterocycles. The van der Waals surface area contributed by atoms with E-state index in [-0.39, 0.29) is 11.8 Å². The van der Waals surface area contributed by atoms with Gasteiger partial charge in [-0.05, 0) is 11.6 Å². The molecule has 30 heavy (non-hydrogen) atoms. The molecule has 0 aliphatic carbocycles. The lowest BCUT2D eigenvalue weighted by atomic mass is 10.0. The first-order chi connectivity index (χ1) is 14.7. The van der Waals surface area contributed by atoms with Crippen LogP contribution in [0.4, 0.5) is 16.0 Å². The molecule has 2 heterocycles. The minimum atomic E-state index is -0.344. The van der Waals surface area contributed by atoms with Crippen LogP contribution in [0.5, 0.6) is 11.9 Å². The third-order valence-corrected chi connectivity index (χ3v) is 4.34. The molecule has 0 unspecified atom stereocenters. The van der Waals surface area contributed by atoms with E-state index in [2.05, 4.69) is 25.3 Å². The van der Waals surface area contributed by atoms with Crippen LogP contribution in [0, 0.1) is 5.82 Å².